The van der Waals surface area contributed by atoms with Gasteiger partial charge in [0.25, 0.3) is 11.8 Å². The number of rotatable bonds is 8. The molecule has 35 heavy (non-hydrogen) atoms. The summed E-state index contributed by atoms with van der Waals surface area (Å²) >= 11 is 11.9. The van der Waals surface area contributed by atoms with Crippen LogP contribution in [0.25, 0.3) is 0 Å². The van der Waals surface area contributed by atoms with Crippen molar-refractivity contribution in [1.82, 2.24) is 10.7 Å². The van der Waals surface area contributed by atoms with Gasteiger partial charge in [-0.3, -0.25) is 9.59 Å². The quantitative estimate of drug-likeness (QED) is 0.201. The average Bonchev–Trinajstić information content (AvgIpc) is 2.83. The normalized spacial score (nSPS) is 10.6. The maximum absolute atomic E-state index is 12.5. The number of nitrogens with one attached hydrogen (secondary N) is 2. The summed E-state index contributed by atoms with van der Waals surface area (Å²) in [6.07, 6.45) is 1.38. The molecule has 3 aromatic rings. The average molecular weight is 514 g/mol. The van der Waals surface area contributed by atoms with E-state index in [9.17, 15) is 14.4 Å². The van der Waals surface area contributed by atoms with Crippen LogP contribution in [-0.4, -0.2) is 37.7 Å². The number of methoxy groups -OCH3 is 1. The molecular formula is C25H21Cl2N3O5. The predicted molar refractivity (Wildman–Crippen MR) is 134 cm³/mol. The van der Waals surface area contributed by atoms with E-state index in [1.54, 1.807) is 24.3 Å². The van der Waals surface area contributed by atoms with E-state index in [2.05, 4.69) is 15.8 Å². The van der Waals surface area contributed by atoms with Crippen LogP contribution in [0.15, 0.2) is 65.8 Å². The third-order valence-electron chi connectivity index (χ3n) is 4.67. The lowest BCUT2D eigenvalue weighted by Crippen LogP contribution is -2.34. The highest BCUT2D eigenvalue weighted by Crippen LogP contribution is 2.29. The van der Waals surface area contributed by atoms with Crippen molar-refractivity contribution < 1.29 is 23.9 Å². The molecule has 0 aliphatic heterocycles. The number of amides is 2. The maximum Gasteiger partial charge on any atom is 0.345 e. The zero-order valence-corrected chi connectivity index (χ0v) is 20.3. The zero-order valence-electron chi connectivity index (χ0n) is 18.8. The van der Waals surface area contributed by atoms with Gasteiger partial charge in [0.2, 0.25) is 0 Å². The lowest BCUT2D eigenvalue weighted by atomic mass is 10.1. The minimum absolute atomic E-state index is 0.154. The monoisotopic (exact) mass is 513 g/mol. The summed E-state index contributed by atoms with van der Waals surface area (Å²) in [6, 6.07) is 16.1. The fourth-order valence-corrected chi connectivity index (χ4v) is 3.33. The van der Waals surface area contributed by atoms with Gasteiger partial charge in [-0.25, -0.2) is 10.2 Å². The number of halogens is 2. The molecule has 0 saturated carbocycles. The molecular weight excluding hydrogens is 493 g/mol. The molecule has 0 radical (unpaired) electrons. The third kappa shape index (κ3) is 7.30. The molecule has 0 aromatic heterocycles. The van der Waals surface area contributed by atoms with E-state index in [0.717, 1.165) is 5.56 Å². The van der Waals surface area contributed by atoms with Gasteiger partial charge in [-0.15, -0.1) is 0 Å². The number of benzene rings is 3. The molecule has 0 saturated heterocycles. The standard InChI is InChI=1S/C25H21Cl2N3O5/c1-15-3-6-17(7-4-15)24(32)28-14-23(31)30-29-13-16-5-10-21(22(11-16)34-2)35-25(33)19-9-8-18(26)12-20(19)27/h3-13H,14H2,1-2H3,(H,28,32)(H,30,31). The molecule has 0 aliphatic rings. The summed E-state index contributed by atoms with van der Waals surface area (Å²) in [4.78, 5) is 36.5. The predicted octanol–water partition coefficient (Wildman–Crippen LogP) is 4.41. The molecule has 0 fully saturated rings. The van der Waals surface area contributed by atoms with Crippen LogP contribution in [0, 0.1) is 6.92 Å². The number of hydrogen-bond acceptors (Lipinski definition) is 6. The Morgan fingerprint density at radius 2 is 1.71 bits per heavy atom. The number of nitrogens with zero attached hydrogens (tertiary/aromatic N) is 1. The first-order chi connectivity index (χ1) is 16.8. The Hall–Kier alpha value is -3.88. The van der Waals surface area contributed by atoms with Crippen LogP contribution in [0.1, 0.15) is 31.8 Å². The number of carbonyl (C=O) groups excluding carboxylic acids is 3. The second kappa shape index (κ2) is 12.0. The fourth-order valence-electron chi connectivity index (χ4n) is 2.84. The lowest BCUT2D eigenvalue weighted by molar-refractivity contribution is -0.120. The number of hydrazone groups is 1. The Labute approximate surface area is 211 Å². The summed E-state index contributed by atoms with van der Waals surface area (Å²) in [5.41, 5.74) is 4.53. The van der Waals surface area contributed by atoms with Gasteiger partial charge >= 0.3 is 5.97 Å². The fraction of sp³-hybridized carbons (Fsp3) is 0.120. The van der Waals surface area contributed by atoms with E-state index in [4.69, 9.17) is 32.7 Å². The van der Waals surface area contributed by atoms with Gasteiger partial charge in [0.1, 0.15) is 0 Å². The summed E-state index contributed by atoms with van der Waals surface area (Å²) in [6.45, 7) is 1.68. The van der Waals surface area contributed by atoms with Crippen molar-refractivity contribution in [3.63, 3.8) is 0 Å². The smallest absolute Gasteiger partial charge is 0.345 e. The van der Waals surface area contributed by atoms with E-state index in [-0.39, 0.29) is 34.5 Å². The molecule has 0 atom stereocenters. The molecule has 0 bridgehead atoms. The molecule has 10 heteroatoms. The van der Waals surface area contributed by atoms with Crippen LogP contribution in [-0.2, 0) is 4.79 Å². The Morgan fingerprint density at radius 3 is 2.40 bits per heavy atom. The summed E-state index contributed by atoms with van der Waals surface area (Å²) in [7, 11) is 1.42. The van der Waals surface area contributed by atoms with Crippen molar-refractivity contribution in [2.45, 2.75) is 6.92 Å². The highest BCUT2D eigenvalue weighted by Gasteiger charge is 2.16. The first kappa shape index (κ1) is 25.7. The van der Waals surface area contributed by atoms with Crippen molar-refractivity contribution in [3.05, 3.63) is 93.0 Å². The van der Waals surface area contributed by atoms with Crippen molar-refractivity contribution in [1.29, 1.82) is 0 Å². The molecule has 0 spiro atoms. The summed E-state index contributed by atoms with van der Waals surface area (Å²) < 4.78 is 10.7. The van der Waals surface area contributed by atoms with Crippen LogP contribution >= 0.6 is 23.2 Å². The minimum Gasteiger partial charge on any atom is -0.493 e. The van der Waals surface area contributed by atoms with E-state index >= 15 is 0 Å². The maximum atomic E-state index is 12.5. The highest BCUT2D eigenvalue weighted by molar-refractivity contribution is 6.36. The largest absolute Gasteiger partial charge is 0.493 e. The number of ether oxygens (including phenoxy) is 2. The van der Waals surface area contributed by atoms with Crippen LogP contribution in [0.2, 0.25) is 10.0 Å². The second-order valence-corrected chi connectivity index (χ2v) is 8.11. The second-order valence-electron chi connectivity index (χ2n) is 7.27. The number of carbonyl (C=O) groups is 3. The molecule has 8 nitrogen and oxygen atoms in total. The molecule has 3 aromatic carbocycles. The van der Waals surface area contributed by atoms with Gasteiger partial charge in [-0.1, -0.05) is 40.9 Å². The number of esters is 1. The van der Waals surface area contributed by atoms with Gasteiger partial charge < -0.3 is 14.8 Å². The van der Waals surface area contributed by atoms with E-state index in [1.165, 1.54) is 37.6 Å². The molecule has 0 heterocycles. The number of aryl methyl sites for hydroxylation is 1. The molecule has 0 aliphatic carbocycles. The molecule has 2 amide bonds. The molecule has 0 unspecified atom stereocenters. The summed E-state index contributed by atoms with van der Waals surface area (Å²) in [5, 5.41) is 6.95. The van der Waals surface area contributed by atoms with Gasteiger partial charge in [0.05, 0.1) is 30.5 Å². The van der Waals surface area contributed by atoms with Gasteiger partial charge in [0, 0.05) is 10.6 Å². The molecule has 180 valence electrons. The Balaban J connectivity index is 1.55. The van der Waals surface area contributed by atoms with Crippen LogP contribution in [0.4, 0.5) is 0 Å². The topological polar surface area (TPSA) is 106 Å². The van der Waals surface area contributed by atoms with Gasteiger partial charge in [-0.05, 0) is 61.0 Å². The number of hydrogen-bond donors (Lipinski definition) is 2. The minimum atomic E-state index is -0.675. The van der Waals surface area contributed by atoms with Gasteiger partial charge in [0.15, 0.2) is 11.5 Å². The summed E-state index contributed by atoms with van der Waals surface area (Å²) in [5.74, 6) is -1.10. The van der Waals surface area contributed by atoms with Crippen molar-refractivity contribution in [3.8, 4) is 11.5 Å². The van der Waals surface area contributed by atoms with Gasteiger partial charge in [-0.2, -0.15) is 5.10 Å². The Bertz CT molecular complexity index is 1280. The van der Waals surface area contributed by atoms with Crippen LogP contribution in [0.3, 0.4) is 0 Å². The van der Waals surface area contributed by atoms with Crippen molar-refractivity contribution in [2.24, 2.45) is 5.10 Å². The van der Waals surface area contributed by atoms with Crippen molar-refractivity contribution >= 4 is 47.2 Å². The highest BCUT2D eigenvalue weighted by atomic mass is 35.5. The first-order valence-corrected chi connectivity index (χ1v) is 11.0. The Kier molecular flexibility index (Phi) is 8.83. The SMILES string of the molecule is COc1cc(C=NNC(=O)CNC(=O)c2ccc(C)cc2)ccc1OC(=O)c1ccc(Cl)cc1Cl. The van der Waals surface area contributed by atoms with Crippen molar-refractivity contribution in [2.75, 3.05) is 13.7 Å². The molecule has 3 rings (SSSR count). The van der Waals surface area contributed by atoms with E-state index in [1.807, 2.05) is 19.1 Å². The van der Waals surface area contributed by atoms with Crippen LogP contribution < -0.4 is 20.2 Å². The Morgan fingerprint density at radius 1 is 0.971 bits per heavy atom. The lowest BCUT2D eigenvalue weighted by Gasteiger charge is -2.10. The van der Waals surface area contributed by atoms with E-state index < -0.39 is 11.9 Å². The van der Waals surface area contributed by atoms with Crippen LogP contribution in [0.5, 0.6) is 11.5 Å². The third-order valence-corrected chi connectivity index (χ3v) is 5.22. The zero-order chi connectivity index (χ0) is 25.4. The molecule has 2 N–H and O–H groups in total. The first-order valence-electron chi connectivity index (χ1n) is 10.3. The van der Waals surface area contributed by atoms with E-state index in [0.29, 0.717) is 16.1 Å².